The third-order valence-corrected chi connectivity index (χ3v) is 3.65. The van der Waals surface area contributed by atoms with Gasteiger partial charge in [0.2, 0.25) is 0 Å². The van der Waals surface area contributed by atoms with Crippen molar-refractivity contribution in [3.05, 3.63) is 64.5 Å². The van der Waals surface area contributed by atoms with Gasteiger partial charge in [-0.05, 0) is 12.1 Å². The Balaban J connectivity index is 1.92. The first-order valence-electron chi connectivity index (χ1n) is 7.49. The molecule has 1 aromatic carbocycles. The number of rotatable bonds is 6. The highest BCUT2D eigenvalue weighted by Crippen LogP contribution is 2.13. The van der Waals surface area contributed by atoms with Crippen LogP contribution in [0.3, 0.4) is 0 Å². The van der Waals surface area contributed by atoms with Crippen molar-refractivity contribution in [1.82, 2.24) is 15.1 Å². The fourth-order valence-corrected chi connectivity index (χ4v) is 2.42. The lowest BCUT2D eigenvalue weighted by atomic mass is 10.1. The molecule has 0 aliphatic carbocycles. The maximum atomic E-state index is 12.5. The van der Waals surface area contributed by atoms with Crippen LogP contribution in [0.4, 0.5) is 0 Å². The molecule has 3 aromatic rings. The van der Waals surface area contributed by atoms with E-state index in [1.807, 2.05) is 12.1 Å². The predicted octanol–water partition coefficient (Wildman–Crippen LogP) is 1.57. The molecule has 0 saturated heterocycles. The van der Waals surface area contributed by atoms with Crippen molar-refractivity contribution in [3.8, 4) is 0 Å². The Labute approximate surface area is 137 Å². The van der Waals surface area contributed by atoms with Crippen molar-refractivity contribution in [1.29, 1.82) is 0 Å². The molecule has 0 fully saturated rings. The van der Waals surface area contributed by atoms with E-state index < -0.39 is 0 Å². The number of hydrogen-bond donors (Lipinski definition) is 1. The van der Waals surface area contributed by atoms with Crippen LogP contribution < -0.4 is 10.9 Å². The average Bonchev–Trinajstić information content (AvgIpc) is 3.15. The SMILES string of the molecule is COCCn1nc(CNC(=O)c2ccoc2)c2ccccc2c1=O. The molecule has 0 bridgehead atoms. The Morgan fingerprint density at radius 3 is 2.79 bits per heavy atom. The molecule has 0 saturated carbocycles. The normalized spacial score (nSPS) is 10.9. The summed E-state index contributed by atoms with van der Waals surface area (Å²) in [6, 6.07) is 8.80. The van der Waals surface area contributed by atoms with Crippen LogP contribution in [0.2, 0.25) is 0 Å². The smallest absolute Gasteiger partial charge is 0.274 e. The van der Waals surface area contributed by atoms with E-state index in [1.165, 1.54) is 17.2 Å². The van der Waals surface area contributed by atoms with E-state index in [-0.39, 0.29) is 18.0 Å². The second-order valence-electron chi connectivity index (χ2n) is 5.21. The van der Waals surface area contributed by atoms with Crippen molar-refractivity contribution < 1.29 is 13.9 Å². The standard InChI is InChI=1S/C17H17N3O4/c1-23-9-7-20-17(22)14-5-3-2-4-13(14)15(19-20)10-18-16(21)12-6-8-24-11-12/h2-6,8,11H,7,9-10H2,1H3,(H,18,21). The molecule has 7 nitrogen and oxygen atoms in total. The number of nitrogens with one attached hydrogen (secondary N) is 1. The number of hydrogen-bond acceptors (Lipinski definition) is 5. The minimum atomic E-state index is -0.260. The van der Waals surface area contributed by atoms with Gasteiger partial charge in [-0.15, -0.1) is 0 Å². The summed E-state index contributed by atoms with van der Waals surface area (Å²) in [7, 11) is 1.57. The second-order valence-corrected chi connectivity index (χ2v) is 5.21. The first-order valence-corrected chi connectivity index (χ1v) is 7.49. The number of benzene rings is 1. The molecule has 1 amide bonds. The van der Waals surface area contributed by atoms with Gasteiger partial charge in [0, 0.05) is 12.5 Å². The summed E-state index contributed by atoms with van der Waals surface area (Å²) >= 11 is 0. The van der Waals surface area contributed by atoms with Crippen LogP contribution in [0, 0.1) is 0 Å². The fourth-order valence-electron chi connectivity index (χ4n) is 2.42. The molecule has 3 rings (SSSR count). The minimum absolute atomic E-state index is 0.174. The lowest BCUT2D eigenvalue weighted by Crippen LogP contribution is -2.29. The number of ether oxygens (including phenoxy) is 1. The van der Waals surface area contributed by atoms with E-state index in [4.69, 9.17) is 9.15 Å². The van der Waals surface area contributed by atoms with E-state index in [0.717, 1.165) is 5.39 Å². The van der Waals surface area contributed by atoms with Crippen LogP contribution >= 0.6 is 0 Å². The highest BCUT2D eigenvalue weighted by molar-refractivity contribution is 5.94. The number of furan rings is 1. The van der Waals surface area contributed by atoms with E-state index in [2.05, 4.69) is 10.4 Å². The van der Waals surface area contributed by atoms with Crippen LogP contribution in [0.1, 0.15) is 16.1 Å². The van der Waals surface area contributed by atoms with E-state index in [0.29, 0.717) is 29.8 Å². The zero-order chi connectivity index (χ0) is 16.9. The minimum Gasteiger partial charge on any atom is -0.472 e. The Kier molecular flexibility index (Phi) is 4.72. The van der Waals surface area contributed by atoms with Gasteiger partial charge >= 0.3 is 0 Å². The molecule has 2 aromatic heterocycles. The van der Waals surface area contributed by atoms with E-state index in [1.54, 1.807) is 25.3 Å². The molecule has 24 heavy (non-hydrogen) atoms. The molecular weight excluding hydrogens is 310 g/mol. The molecule has 124 valence electrons. The number of aromatic nitrogens is 2. The number of fused-ring (bicyclic) bond motifs is 1. The van der Waals surface area contributed by atoms with Gasteiger partial charge in [-0.25, -0.2) is 4.68 Å². The molecule has 0 aliphatic rings. The van der Waals surface area contributed by atoms with Crippen molar-refractivity contribution in [2.45, 2.75) is 13.1 Å². The molecule has 0 radical (unpaired) electrons. The fraction of sp³-hybridized carbons (Fsp3) is 0.235. The summed E-state index contributed by atoms with van der Waals surface area (Å²) < 4.78 is 11.3. The average molecular weight is 327 g/mol. The van der Waals surface area contributed by atoms with Crippen LogP contribution in [-0.4, -0.2) is 29.4 Å². The first kappa shape index (κ1) is 15.9. The largest absolute Gasteiger partial charge is 0.472 e. The van der Waals surface area contributed by atoms with Crippen molar-refractivity contribution in [2.24, 2.45) is 0 Å². The second kappa shape index (κ2) is 7.10. The Bertz CT molecular complexity index is 900. The summed E-state index contributed by atoms with van der Waals surface area (Å²) in [6.45, 7) is 0.937. The summed E-state index contributed by atoms with van der Waals surface area (Å²) in [5, 5.41) is 8.46. The predicted molar refractivity (Wildman–Crippen MR) is 87.8 cm³/mol. The Morgan fingerprint density at radius 2 is 2.08 bits per heavy atom. The molecule has 0 atom stereocenters. The van der Waals surface area contributed by atoms with E-state index >= 15 is 0 Å². The molecule has 0 aliphatic heterocycles. The van der Waals surface area contributed by atoms with Crippen molar-refractivity contribution >= 4 is 16.7 Å². The third-order valence-electron chi connectivity index (χ3n) is 3.65. The van der Waals surface area contributed by atoms with Gasteiger partial charge in [-0.2, -0.15) is 5.10 Å². The van der Waals surface area contributed by atoms with Gasteiger partial charge in [-0.3, -0.25) is 9.59 Å². The Hall–Kier alpha value is -2.93. The highest BCUT2D eigenvalue weighted by atomic mass is 16.5. The quantitative estimate of drug-likeness (QED) is 0.742. The zero-order valence-electron chi connectivity index (χ0n) is 13.2. The number of carbonyl (C=O) groups excluding carboxylic acids is 1. The van der Waals surface area contributed by atoms with Crippen LogP contribution in [-0.2, 0) is 17.8 Å². The van der Waals surface area contributed by atoms with Gasteiger partial charge in [0.25, 0.3) is 11.5 Å². The van der Waals surface area contributed by atoms with Gasteiger partial charge in [0.05, 0.1) is 42.6 Å². The number of methoxy groups -OCH3 is 1. The van der Waals surface area contributed by atoms with Crippen molar-refractivity contribution in [2.75, 3.05) is 13.7 Å². The Morgan fingerprint density at radius 1 is 1.29 bits per heavy atom. The van der Waals surface area contributed by atoms with Crippen LogP contribution in [0.5, 0.6) is 0 Å². The molecule has 7 heteroatoms. The molecule has 0 unspecified atom stereocenters. The van der Waals surface area contributed by atoms with Gasteiger partial charge in [0.1, 0.15) is 6.26 Å². The number of nitrogens with zero attached hydrogens (tertiary/aromatic N) is 2. The zero-order valence-corrected chi connectivity index (χ0v) is 13.2. The molecular formula is C17H17N3O4. The topological polar surface area (TPSA) is 86.4 Å². The van der Waals surface area contributed by atoms with Crippen molar-refractivity contribution in [3.63, 3.8) is 0 Å². The maximum absolute atomic E-state index is 12.5. The summed E-state index contributed by atoms with van der Waals surface area (Å²) in [4.78, 5) is 24.5. The highest BCUT2D eigenvalue weighted by Gasteiger charge is 2.12. The molecule has 2 heterocycles. The monoisotopic (exact) mass is 327 g/mol. The van der Waals surface area contributed by atoms with E-state index in [9.17, 15) is 9.59 Å². The summed E-state index contributed by atoms with van der Waals surface area (Å²) in [5.74, 6) is -0.260. The lowest BCUT2D eigenvalue weighted by molar-refractivity contribution is 0.0949. The number of amides is 1. The third kappa shape index (κ3) is 3.21. The summed E-state index contributed by atoms with van der Waals surface area (Å²) in [6.07, 6.45) is 2.81. The maximum Gasteiger partial charge on any atom is 0.274 e. The van der Waals surface area contributed by atoms with Crippen LogP contribution in [0.25, 0.3) is 10.8 Å². The van der Waals surface area contributed by atoms with Gasteiger partial charge < -0.3 is 14.5 Å². The molecule has 0 spiro atoms. The lowest BCUT2D eigenvalue weighted by Gasteiger charge is -2.11. The van der Waals surface area contributed by atoms with Gasteiger partial charge in [0.15, 0.2) is 0 Å². The van der Waals surface area contributed by atoms with Crippen LogP contribution in [0.15, 0.2) is 52.1 Å². The summed E-state index contributed by atoms with van der Waals surface area (Å²) in [5.41, 5.74) is 0.887. The molecule has 1 N–H and O–H groups in total. The number of carbonyl (C=O) groups is 1. The van der Waals surface area contributed by atoms with Gasteiger partial charge in [-0.1, -0.05) is 18.2 Å². The first-order chi connectivity index (χ1) is 11.7.